The Bertz CT molecular complexity index is 838. The van der Waals surface area contributed by atoms with Gasteiger partial charge in [0.2, 0.25) is 11.8 Å². The Balaban J connectivity index is 1.30. The topological polar surface area (TPSA) is 58.6 Å². The van der Waals surface area contributed by atoms with E-state index in [1.807, 2.05) is 55.1 Å². The number of hydrogen-bond acceptors (Lipinski definition) is 3. The van der Waals surface area contributed by atoms with Gasteiger partial charge in [-0.15, -0.1) is 0 Å². The second-order valence-electron chi connectivity index (χ2n) is 8.38. The van der Waals surface area contributed by atoms with Gasteiger partial charge in [-0.3, -0.25) is 9.59 Å². The summed E-state index contributed by atoms with van der Waals surface area (Å²) in [4.78, 5) is 26.7. The molecule has 5 heteroatoms. The molecule has 5 nitrogen and oxygen atoms in total. The number of benzene rings is 2. The lowest BCUT2D eigenvalue weighted by atomic mass is 10.0. The van der Waals surface area contributed by atoms with Gasteiger partial charge in [-0.25, -0.2) is 0 Å². The first-order valence-electron chi connectivity index (χ1n) is 11.3. The van der Waals surface area contributed by atoms with E-state index in [1.54, 1.807) is 0 Å². The van der Waals surface area contributed by atoms with Crippen molar-refractivity contribution in [2.75, 3.05) is 19.7 Å². The van der Waals surface area contributed by atoms with Crippen LogP contribution < -0.4 is 10.1 Å². The summed E-state index contributed by atoms with van der Waals surface area (Å²) in [5, 5.41) is 3.13. The number of likely N-dealkylation sites (tertiary alicyclic amines) is 1. The van der Waals surface area contributed by atoms with Crippen molar-refractivity contribution >= 4 is 11.8 Å². The van der Waals surface area contributed by atoms with Crippen molar-refractivity contribution in [3.63, 3.8) is 0 Å². The molecule has 31 heavy (non-hydrogen) atoms. The number of para-hydroxylation sites is 1. The number of carbonyl (C=O) groups is 2. The van der Waals surface area contributed by atoms with Crippen molar-refractivity contribution in [3.05, 3.63) is 65.2 Å². The number of aryl methyl sites for hydroxylation is 3. The van der Waals surface area contributed by atoms with E-state index in [0.717, 1.165) is 36.1 Å². The molecule has 1 saturated heterocycles. The molecule has 0 unspecified atom stereocenters. The van der Waals surface area contributed by atoms with Gasteiger partial charge >= 0.3 is 0 Å². The number of piperidine rings is 1. The fourth-order valence-corrected chi connectivity index (χ4v) is 4.06. The number of carbonyl (C=O) groups excluding carboxylic acids is 2. The van der Waals surface area contributed by atoms with Crippen LogP contribution in [0.1, 0.15) is 48.8 Å². The van der Waals surface area contributed by atoms with Crippen LogP contribution in [0.2, 0.25) is 0 Å². The largest absolute Gasteiger partial charge is 0.493 e. The number of nitrogens with one attached hydrogen (secondary N) is 1. The highest BCUT2D eigenvalue weighted by Crippen LogP contribution is 2.22. The van der Waals surface area contributed by atoms with Crippen LogP contribution in [0.25, 0.3) is 0 Å². The Kier molecular flexibility index (Phi) is 8.51. The highest BCUT2D eigenvalue weighted by Gasteiger charge is 2.23. The van der Waals surface area contributed by atoms with Gasteiger partial charge in [-0.1, -0.05) is 48.5 Å². The summed E-state index contributed by atoms with van der Waals surface area (Å²) < 4.78 is 5.88. The molecule has 2 aromatic carbocycles. The average Bonchev–Trinajstić information content (AvgIpc) is 2.78. The van der Waals surface area contributed by atoms with E-state index in [1.165, 1.54) is 5.56 Å². The van der Waals surface area contributed by atoms with Gasteiger partial charge < -0.3 is 15.0 Å². The smallest absolute Gasteiger partial charge is 0.222 e. The first-order chi connectivity index (χ1) is 15.0. The van der Waals surface area contributed by atoms with E-state index < -0.39 is 0 Å². The maximum Gasteiger partial charge on any atom is 0.222 e. The minimum absolute atomic E-state index is 0.0685. The van der Waals surface area contributed by atoms with Crippen molar-refractivity contribution in [2.45, 2.75) is 58.4 Å². The SMILES string of the molecule is Cc1cccc(C)c1OCCCC(=O)NC1CCN(C(=O)CCc2ccccc2)CC1. The summed E-state index contributed by atoms with van der Waals surface area (Å²) >= 11 is 0. The third kappa shape index (κ3) is 7.12. The molecule has 0 atom stereocenters. The van der Waals surface area contributed by atoms with Crippen LogP contribution in [0.4, 0.5) is 0 Å². The van der Waals surface area contributed by atoms with Gasteiger partial charge in [0.05, 0.1) is 6.61 Å². The van der Waals surface area contributed by atoms with Gasteiger partial charge in [0.15, 0.2) is 0 Å². The number of hydrogen-bond donors (Lipinski definition) is 1. The Morgan fingerprint density at radius 1 is 0.968 bits per heavy atom. The summed E-state index contributed by atoms with van der Waals surface area (Å²) in [5.41, 5.74) is 3.43. The Morgan fingerprint density at radius 3 is 2.32 bits per heavy atom. The lowest BCUT2D eigenvalue weighted by Gasteiger charge is -2.32. The van der Waals surface area contributed by atoms with Gasteiger partial charge in [-0.2, -0.15) is 0 Å². The van der Waals surface area contributed by atoms with Crippen LogP contribution in [-0.4, -0.2) is 42.5 Å². The summed E-state index contributed by atoms with van der Waals surface area (Å²) in [6.45, 7) is 6.04. The van der Waals surface area contributed by atoms with Crippen molar-refractivity contribution in [2.24, 2.45) is 0 Å². The standard InChI is InChI=1S/C26H34N2O3/c1-20-8-6-9-21(2)26(20)31-19-7-12-24(29)27-23-15-17-28(18-16-23)25(30)14-13-22-10-4-3-5-11-22/h3-6,8-11,23H,7,12-19H2,1-2H3,(H,27,29). The molecule has 0 saturated carbocycles. The van der Waals surface area contributed by atoms with E-state index in [-0.39, 0.29) is 17.9 Å². The Morgan fingerprint density at radius 2 is 1.65 bits per heavy atom. The van der Waals surface area contributed by atoms with Crippen LogP contribution in [0.15, 0.2) is 48.5 Å². The number of nitrogens with zero attached hydrogens (tertiary/aromatic N) is 1. The van der Waals surface area contributed by atoms with E-state index in [2.05, 4.69) is 17.4 Å². The molecule has 1 fully saturated rings. The zero-order valence-electron chi connectivity index (χ0n) is 18.7. The van der Waals surface area contributed by atoms with Gasteiger partial charge in [0.1, 0.15) is 5.75 Å². The fraction of sp³-hybridized carbons (Fsp3) is 0.462. The predicted molar refractivity (Wildman–Crippen MR) is 123 cm³/mol. The number of rotatable bonds is 9. The normalized spacial score (nSPS) is 14.3. The minimum Gasteiger partial charge on any atom is -0.493 e. The zero-order chi connectivity index (χ0) is 22.1. The lowest BCUT2D eigenvalue weighted by molar-refractivity contribution is -0.132. The minimum atomic E-state index is 0.0685. The molecule has 0 bridgehead atoms. The third-order valence-electron chi connectivity index (χ3n) is 5.89. The van der Waals surface area contributed by atoms with Gasteiger partial charge in [-0.05, 0) is 56.2 Å². The van der Waals surface area contributed by atoms with Gasteiger partial charge in [0.25, 0.3) is 0 Å². The molecule has 0 spiro atoms. The van der Waals surface area contributed by atoms with Gasteiger partial charge in [0, 0.05) is 32.0 Å². The summed E-state index contributed by atoms with van der Waals surface area (Å²) in [6, 6.07) is 16.4. The van der Waals surface area contributed by atoms with Crippen LogP contribution in [0, 0.1) is 13.8 Å². The van der Waals surface area contributed by atoms with Crippen molar-refractivity contribution in [1.82, 2.24) is 10.2 Å². The first kappa shape index (κ1) is 22.9. The first-order valence-corrected chi connectivity index (χ1v) is 11.3. The summed E-state index contributed by atoms with van der Waals surface area (Å²) in [5.74, 6) is 1.20. The Hall–Kier alpha value is -2.82. The second-order valence-corrected chi connectivity index (χ2v) is 8.38. The second kappa shape index (κ2) is 11.5. The molecule has 2 amide bonds. The Labute approximate surface area is 185 Å². The van der Waals surface area contributed by atoms with Crippen molar-refractivity contribution < 1.29 is 14.3 Å². The molecule has 0 aromatic heterocycles. The summed E-state index contributed by atoms with van der Waals surface area (Å²) in [6.07, 6.45) is 4.11. The van der Waals surface area contributed by atoms with E-state index in [4.69, 9.17) is 4.74 Å². The van der Waals surface area contributed by atoms with Crippen molar-refractivity contribution in [1.29, 1.82) is 0 Å². The number of ether oxygens (including phenoxy) is 1. The molecule has 166 valence electrons. The quantitative estimate of drug-likeness (QED) is 0.616. The predicted octanol–water partition coefficient (Wildman–Crippen LogP) is 4.20. The zero-order valence-corrected chi connectivity index (χ0v) is 18.7. The summed E-state index contributed by atoms with van der Waals surface area (Å²) in [7, 11) is 0. The highest BCUT2D eigenvalue weighted by atomic mass is 16.5. The lowest BCUT2D eigenvalue weighted by Crippen LogP contribution is -2.46. The van der Waals surface area contributed by atoms with Crippen molar-refractivity contribution in [3.8, 4) is 5.75 Å². The highest BCUT2D eigenvalue weighted by molar-refractivity contribution is 5.77. The molecule has 1 aliphatic heterocycles. The van der Waals surface area contributed by atoms with Crippen LogP contribution in [0.3, 0.4) is 0 Å². The molecule has 0 radical (unpaired) electrons. The van der Waals surface area contributed by atoms with Crippen LogP contribution in [-0.2, 0) is 16.0 Å². The maximum absolute atomic E-state index is 12.5. The molecule has 1 heterocycles. The number of amides is 2. The molecular weight excluding hydrogens is 388 g/mol. The van der Waals surface area contributed by atoms with E-state index in [9.17, 15) is 9.59 Å². The van der Waals surface area contributed by atoms with Crippen LogP contribution in [0.5, 0.6) is 5.75 Å². The molecule has 2 aromatic rings. The molecule has 1 aliphatic rings. The molecule has 3 rings (SSSR count). The van der Waals surface area contributed by atoms with Crippen LogP contribution >= 0.6 is 0 Å². The molecular formula is C26H34N2O3. The maximum atomic E-state index is 12.5. The average molecular weight is 423 g/mol. The van der Waals surface area contributed by atoms with E-state index in [0.29, 0.717) is 39.0 Å². The fourth-order valence-electron chi connectivity index (χ4n) is 4.06. The molecule has 1 N–H and O–H groups in total. The third-order valence-corrected chi connectivity index (χ3v) is 5.89. The van der Waals surface area contributed by atoms with E-state index >= 15 is 0 Å². The monoisotopic (exact) mass is 422 g/mol. The molecule has 0 aliphatic carbocycles.